The molecule has 0 heterocycles. The van der Waals surface area contributed by atoms with Crippen molar-refractivity contribution in [3.8, 4) is 6.07 Å². The van der Waals surface area contributed by atoms with Crippen molar-refractivity contribution < 1.29 is 0 Å². The molecule has 17 heavy (non-hydrogen) atoms. The largest absolute Gasteiger partial charge is 0.197 e. The molecular formula is C15H21NS. The topological polar surface area (TPSA) is 23.8 Å². The molecule has 0 radical (unpaired) electrons. The summed E-state index contributed by atoms with van der Waals surface area (Å²) in [7, 11) is 0. The highest BCUT2D eigenvalue weighted by Crippen LogP contribution is 2.30. The van der Waals surface area contributed by atoms with E-state index in [0.29, 0.717) is 5.92 Å². The molecule has 0 amide bonds. The number of thioether (sulfide) groups is 1. The Morgan fingerprint density at radius 2 is 1.65 bits per heavy atom. The van der Waals surface area contributed by atoms with Gasteiger partial charge in [0.05, 0.1) is 11.3 Å². The summed E-state index contributed by atoms with van der Waals surface area (Å²) in [5.41, 5.74) is 1.52. The highest BCUT2D eigenvalue weighted by atomic mass is 32.2. The second-order valence-corrected chi connectivity index (χ2v) is 6.90. The van der Waals surface area contributed by atoms with Crippen molar-refractivity contribution in [2.45, 2.75) is 50.2 Å². The lowest BCUT2D eigenvalue weighted by Crippen LogP contribution is -2.11. The fourth-order valence-corrected chi connectivity index (χ4v) is 2.40. The highest BCUT2D eigenvalue weighted by Gasteiger charge is 2.16. The molecule has 1 nitrogen and oxygen atoms in total. The van der Waals surface area contributed by atoms with E-state index >= 15 is 0 Å². The van der Waals surface area contributed by atoms with E-state index in [0.717, 1.165) is 0 Å². The van der Waals surface area contributed by atoms with E-state index in [1.807, 2.05) is 0 Å². The van der Waals surface area contributed by atoms with Gasteiger partial charge in [0.15, 0.2) is 0 Å². The third-order valence-corrected chi connectivity index (χ3v) is 4.16. The summed E-state index contributed by atoms with van der Waals surface area (Å²) in [6, 6.07) is 10.9. The molecule has 0 aliphatic heterocycles. The summed E-state index contributed by atoms with van der Waals surface area (Å²) in [6.07, 6.45) is 0. The highest BCUT2D eigenvalue weighted by molar-refractivity contribution is 8.00. The molecule has 92 valence electrons. The Balaban J connectivity index is 2.79. The summed E-state index contributed by atoms with van der Waals surface area (Å²) < 4.78 is 0. The van der Waals surface area contributed by atoms with Gasteiger partial charge in [0.25, 0.3) is 0 Å². The number of benzene rings is 1. The van der Waals surface area contributed by atoms with Crippen LogP contribution in [0, 0.1) is 17.2 Å². The van der Waals surface area contributed by atoms with Crippen LogP contribution in [-0.4, -0.2) is 5.25 Å². The first-order valence-corrected chi connectivity index (χ1v) is 6.89. The molecule has 0 N–H and O–H groups in total. The minimum Gasteiger partial charge on any atom is -0.197 e. The lowest BCUT2D eigenvalue weighted by Gasteiger charge is -2.19. The summed E-state index contributed by atoms with van der Waals surface area (Å²) in [5.74, 6) is 0.382. The standard InChI is InChI=1S/C15H21NS/c1-11(2)14(10-16)17-13-8-6-12(7-9-13)15(3,4)5/h6-9,11,14H,1-5H3. The van der Waals surface area contributed by atoms with E-state index in [9.17, 15) is 0 Å². The van der Waals surface area contributed by atoms with Gasteiger partial charge in [-0.15, -0.1) is 11.8 Å². The van der Waals surface area contributed by atoms with Gasteiger partial charge in [0, 0.05) is 4.90 Å². The molecule has 0 saturated heterocycles. The first-order chi connectivity index (χ1) is 7.84. The van der Waals surface area contributed by atoms with Crippen LogP contribution in [-0.2, 0) is 5.41 Å². The summed E-state index contributed by atoms with van der Waals surface area (Å²) in [6.45, 7) is 10.8. The van der Waals surface area contributed by atoms with Crippen LogP contribution in [0.15, 0.2) is 29.2 Å². The van der Waals surface area contributed by atoms with Gasteiger partial charge in [-0.2, -0.15) is 5.26 Å². The normalized spacial score (nSPS) is 13.5. The van der Waals surface area contributed by atoms with Gasteiger partial charge in [-0.05, 0) is 29.0 Å². The lowest BCUT2D eigenvalue weighted by atomic mass is 9.87. The van der Waals surface area contributed by atoms with E-state index in [4.69, 9.17) is 5.26 Å². The van der Waals surface area contributed by atoms with Crippen LogP contribution in [0.4, 0.5) is 0 Å². The van der Waals surface area contributed by atoms with Crippen molar-refractivity contribution in [3.63, 3.8) is 0 Å². The van der Waals surface area contributed by atoms with Gasteiger partial charge in [0.1, 0.15) is 0 Å². The van der Waals surface area contributed by atoms with Crippen LogP contribution in [0.1, 0.15) is 40.2 Å². The summed E-state index contributed by atoms with van der Waals surface area (Å²) >= 11 is 1.66. The van der Waals surface area contributed by atoms with E-state index in [2.05, 4.69) is 65.0 Å². The Bertz CT molecular complexity index is 392. The second kappa shape index (κ2) is 5.60. The number of hydrogen-bond acceptors (Lipinski definition) is 2. The average Bonchev–Trinajstić information content (AvgIpc) is 2.25. The Morgan fingerprint density at radius 1 is 1.12 bits per heavy atom. The number of rotatable bonds is 3. The van der Waals surface area contributed by atoms with Crippen LogP contribution in [0.3, 0.4) is 0 Å². The van der Waals surface area contributed by atoms with E-state index in [1.54, 1.807) is 11.8 Å². The minimum atomic E-state index is 0.0375. The third kappa shape index (κ3) is 4.09. The maximum atomic E-state index is 9.07. The van der Waals surface area contributed by atoms with E-state index in [1.165, 1.54) is 10.5 Å². The van der Waals surface area contributed by atoms with Gasteiger partial charge in [-0.1, -0.05) is 46.8 Å². The maximum Gasteiger partial charge on any atom is 0.0986 e. The summed E-state index contributed by atoms with van der Waals surface area (Å²) in [4.78, 5) is 1.18. The molecule has 0 aliphatic rings. The molecule has 1 unspecified atom stereocenters. The molecule has 1 aromatic rings. The van der Waals surface area contributed by atoms with Gasteiger partial charge in [-0.3, -0.25) is 0 Å². The SMILES string of the molecule is CC(C)C(C#N)Sc1ccc(C(C)(C)C)cc1. The molecule has 0 aromatic heterocycles. The van der Waals surface area contributed by atoms with Gasteiger partial charge in [-0.25, -0.2) is 0 Å². The molecule has 0 spiro atoms. The van der Waals surface area contributed by atoms with Crippen molar-refractivity contribution in [1.82, 2.24) is 0 Å². The first kappa shape index (κ1) is 14.1. The Hall–Kier alpha value is -0.940. The predicted molar refractivity (Wildman–Crippen MR) is 75.2 cm³/mol. The number of hydrogen-bond donors (Lipinski definition) is 0. The van der Waals surface area contributed by atoms with Crippen molar-refractivity contribution in [2.24, 2.45) is 5.92 Å². The molecule has 1 rings (SSSR count). The molecule has 1 atom stereocenters. The number of nitrogens with zero attached hydrogens (tertiary/aromatic N) is 1. The van der Waals surface area contributed by atoms with Crippen LogP contribution in [0.2, 0.25) is 0 Å². The van der Waals surface area contributed by atoms with Crippen molar-refractivity contribution in [3.05, 3.63) is 29.8 Å². The quantitative estimate of drug-likeness (QED) is 0.727. The first-order valence-electron chi connectivity index (χ1n) is 6.01. The predicted octanol–water partition coefficient (Wildman–Crippen LogP) is 4.62. The van der Waals surface area contributed by atoms with Crippen molar-refractivity contribution in [1.29, 1.82) is 5.26 Å². The zero-order valence-corrected chi connectivity index (χ0v) is 12.1. The van der Waals surface area contributed by atoms with Gasteiger partial charge in [0.2, 0.25) is 0 Å². The Kier molecular flexibility index (Phi) is 4.65. The minimum absolute atomic E-state index is 0.0375. The zero-order valence-electron chi connectivity index (χ0n) is 11.3. The van der Waals surface area contributed by atoms with Gasteiger partial charge < -0.3 is 0 Å². The third-order valence-electron chi connectivity index (χ3n) is 2.72. The molecule has 2 heteroatoms. The van der Waals surface area contributed by atoms with Crippen LogP contribution in [0.25, 0.3) is 0 Å². The van der Waals surface area contributed by atoms with Crippen LogP contribution in [0.5, 0.6) is 0 Å². The Labute approximate surface area is 109 Å². The van der Waals surface area contributed by atoms with Gasteiger partial charge >= 0.3 is 0 Å². The number of nitriles is 1. The van der Waals surface area contributed by atoms with E-state index in [-0.39, 0.29) is 10.7 Å². The maximum absolute atomic E-state index is 9.07. The zero-order chi connectivity index (χ0) is 13.1. The second-order valence-electron chi connectivity index (χ2n) is 5.69. The average molecular weight is 247 g/mol. The van der Waals surface area contributed by atoms with Crippen molar-refractivity contribution >= 4 is 11.8 Å². The van der Waals surface area contributed by atoms with Crippen molar-refractivity contribution in [2.75, 3.05) is 0 Å². The fraction of sp³-hybridized carbons (Fsp3) is 0.533. The van der Waals surface area contributed by atoms with Crippen LogP contribution < -0.4 is 0 Å². The summed E-state index contributed by atoms with van der Waals surface area (Å²) in [5, 5.41) is 9.11. The molecule has 1 aromatic carbocycles. The smallest absolute Gasteiger partial charge is 0.0986 e. The molecule has 0 saturated carbocycles. The monoisotopic (exact) mass is 247 g/mol. The van der Waals surface area contributed by atoms with Crippen LogP contribution >= 0.6 is 11.8 Å². The fourth-order valence-electron chi connectivity index (χ4n) is 1.49. The molecule has 0 aliphatic carbocycles. The molecule has 0 bridgehead atoms. The molecular weight excluding hydrogens is 226 g/mol. The lowest BCUT2D eigenvalue weighted by molar-refractivity contribution is 0.589. The Morgan fingerprint density at radius 3 is 2.00 bits per heavy atom. The van der Waals surface area contributed by atoms with E-state index < -0.39 is 0 Å². The molecule has 0 fully saturated rings.